The van der Waals surface area contributed by atoms with Crippen LogP contribution >= 0.6 is 22.7 Å². The highest BCUT2D eigenvalue weighted by Crippen LogP contribution is 2.31. The van der Waals surface area contributed by atoms with Crippen molar-refractivity contribution in [2.75, 3.05) is 0 Å². The number of aromatic nitrogens is 2. The average Bonchev–Trinajstić information content (AvgIpc) is 3.40. The number of para-hydroxylation sites is 2. The Hall–Kier alpha value is -2.69. The summed E-state index contributed by atoms with van der Waals surface area (Å²) in [6, 6.07) is 27.8. The summed E-state index contributed by atoms with van der Waals surface area (Å²) in [6.07, 6.45) is 0. The second-order valence-corrected chi connectivity index (χ2v) is 7.60. The Labute approximate surface area is 153 Å². The van der Waals surface area contributed by atoms with Crippen molar-refractivity contribution in [3.8, 4) is 21.4 Å². The summed E-state index contributed by atoms with van der Waals surface area (Å²) in [5.74, 6) is 1.19. The lowest BCUT2D eigenvalue weighted by molar-refractivity contribution is -0.551. The third kappa shape index (κ3) is 2.34. The van der Waals surface area contributed by atoms with Crippen LogP contribution in [0.3, 0.4) is 0 Å². The van der Waals surface area contributed by atoms with Gasteiger partial charge in [0.25, 0.3) is 0 Å². The molecule has 5 aromatic rings. The maximum absolute atomic E-state index is 2.37. The van der Waals surface area contributed by atoms with Gasteiger partial charge < -0.3 is 0 Å². The van der Waals surface area contributed by atoms with Gasteiger partial charge in [-0.05, 0) is 59.3 Å². The maximum Gasteiger partial charge on any atom is 0.301 e. The predicted octanol–water partition coefficient (Wildman–Crippen LogP) is 5.70. The molecule has 0 saturated carbocycles. The average molecular weight is 359 g/mol. The minimum Gasteiger partial charge on any atom is -0.178 e. The van der Waals surface area contributed by atoms with Gasteiger partial charge in [0.1, 0.15) is 0 Å². The number of nitrogens with zero attached hydrogens (tertiary/aromatic N) is 2. The Morgan fingerprint density at radius 2 is 1.44 bits per heavy atom. The molecule has 0 aliphatic heterocycles. The van der Waals surface area contributed by atoms with Crippen molar-refractivity contribution < 1.29 is 4.57 Å². The van der Waals surface area contributed by atoms with Crippen molar-refractivity contribution in [1.29, 1.82) is 0 Å². The summed E-state index contributed by atoms with van der Waals surface area (Å²) < 4.78 is 4.74. The van der Waals surface area contributed by atoms with E-state index in [0.717, 1.165) is 0 Å². The highest BCUT2D eigenvalue weighted by molar-refractivity contribution is 7.12. The van der Waals surface area contributed by atoms with Gasteiger partial charge in [-0.3, -0.25) is 0 Å². The van der Waals surface area contributed by atoms with Gasteiger partial charge in [-0.25, -0.2) is 0 Å². The van der Waals surface area contributed by atoms with Crippen LogP contribution in [0.2, 0.25) is 0 Å². The molecule has 2 aromatic carbocycles. The van der Waals surface area contributed by atoms with Crippen molar-refractivity contribution in [3.63, 3.8) is 0 Å². The molecule has 2 nitrogen and oxygen atoms in total. The summed E-state index contributed by atoms with van der Waals surface area (Å²) in [6.45, 7) is 0. The van der Waals surface area contributed by atoms with Crippen LogP contribution in [0.5, 0.6) is 0 Å². The Morgan fingerprint density at radius 1 is 0.680 bits per heavy atom. The molecule has 0 amide bonds. The molecule has 5 rings (SSSR count). The fourth-order valence-corrected chi connectivity index (χ4v) is 4.74. The second-order valence-electron chi connectivity index (χ2n) is 5.75. The minimum atomic E-state index is 1.19. The molecule has 0 spiro atoms. The summed E-state index contributed by atoms with van der Waals surface area (Å²) in [4.78, 5) is 0. The third-order valence-electron chi connectivity index (χ3n) is 4.27. The van der Waals surface area contributed by atoms with Crippen LogP contribution in [0.25, 0.3) is 32.4 Å². The van der Waals surface area contributed by atoms with Gasteiger partial charge in [0.15, 0.2) is 21.0 Å². The largest absolute Gasteiger partial charge is 0.301 e. The lowest BCUT2D eigenvalue weighted by Crippen LogP contribution is -2.31. The molecule has 0 aliphatic carbocycles. The molecule has 4 heteroatoms. The molecule has 120 valence electrons. The van der Waals surface area contributed by atoms with E-state index in [1.165, 1.54) is 32.4 Å². The number of hydrogen-bond acceptors (Lipinski definition) is 2. The SMILES string of the molecule is c1ccc(-c2n(-c3cccs3)c3ccccc3[n+]2-c2cccs2)cc1. The van der Waals surface area contributed by atoms with E-state index in [0.29, 0.717) is 0 Å². The van der Waals surface area contributed by atoms with E-state index in [1.807, 2.05) is 0 Å². The van der Waals surface area contributed by atoms with Crippen LogP contribution in [0.1, 0.15) is 0 Å². The zero-order chi connectivity index (χ0) is 16.6. The normalized spacial score (nSPS) is 11.2. The summed E-state index contributed by atoms with van der Waals surface area (Å²) in [5, 5.41) is 6.72. The second kappa shape index (κ2) is 5.99. The molecule has 0 atom stereocenters. The standard InChI is InChI=1S/C21H15N2S2/c1-2-8-16(9-3-1)21-22(19-12-6-14-24-19)17-10-4-5-11-18(17)23(21)20-13-7-15-25-20/h1-15H/q+1. The first-order valence-corrected chi connectivity index (χ1v) is 9.88. The first-order chi connectivity index (χ1) is 12.4. The maximum atomic E-state index is 2.37. The fourth-order valence-electron chi connectivity index (χ4n) is 3.26. The molecule has 3 aromatic heterocycles. The molecule has 0 bridgehead atoms. The van der Waals surface area contributed by atoms with E-state index in [9.17, 15) is 0 Å². The predicted molar refractivity (Wildman–Crippen MR) is 106 cm³/mol. The van der Waals surface area contributed by atoms with Crippen molar-refractivity contribution in [1.82, 2.24) is 4.57 Å². The lowest BCUT2D eigenvalue weighted by atomic mass is 10.2. The molecule has 25 heavy (non-hydrogen) atoms. The van der Waals surface area contributed by atoms with Crippen LogP contribution in [-0.4, -0.2) is 4.57 Å². The van der Waals surface area contributed by atoms with Crippen molar-refractivity contribution >= 4 is 33.7 Å². The van der Waals surface area contributed by atoms with Crippen LogP contribution in [0, 0.1) is 0 Å². The lowest BCUT2D eigenvalue weighted by Gasteiger charge is -2.02. The topological polar surface area (TPSA) is 8.81 Å². The highest BCUT2D eigenvalue weighted by Gasteiger charge is 2.29. The van der Waals surface area contributed by atoms with Crippen LogP contribution in [0.4, 0.5) is 0 Å². The summed E-state index contributed by atoms with van der Waals surface area (Å²) in [7, 11) is 0. The first kappa shape index (κ1) is 14.6. The smallest absolute Gasteiger partial charge is 0.178 e. The quantitative estimate of drug-likeness (QED) is 0.366. The highest BCUT2D eigenvalue weighted by atomic mass is 32.1. The molecular formula is C21H15N2S2+. The first-order valence-electron chi connectivity index (χ1n) is 8.12. The fraction of sp³-hybridized carbons (Fsp3) is 0. The van der Waals surface area contributed by atoms with Gasteiger partial charge in [-0.1, -0.05) is 30.3 Å². The molecule has 3 heterocycles. The molecule has 0 fully saturated rings. The number of benzene rings is 2. The van der Waals surface area contributed by atoms with E-state index in [1.54, 1.807) is 22.7 Å². The monoisotopic (exact) mass is 359 g/mol. The molecule has 0 unspecified atom stereocenters. The van der Waals surface area contributed by atoms with Gasteiger partial charge in [0.05, 0.1) is 5.56 Å². The number of imidazole rings is 1. The Bertz CT molecular complexity index is 1050. The molecular weight excluding hydrogens is 344 g/mol. The number of rotatable bonds is 3. The van der Waals surface area contributed by atoms with Gasteiger partial charge in [-0.2, -0.15) is 9.13 Å². The van der Waals surface area contributed by atoms with Gasteiger partial charge in [0.2, 0.25) is 0 Å². The molecule has 0 N–H and O–H groups in total. The van der Waals surface area contributed by atoms with E-state index in [4.69, 9.17) is 0 Å². The Kier molecular flexibility index (Phi) is 3.51. The van der Waals surface area contributed by atoms with Crippen LogP contribution in [-0.2, 0) is 0 Å². The zero-order valence-corrected chi connectivity index (χ0v) is 15.0. The van der Waals surface area contributed by atoms with Crippen molar-refractivity contribution in [3.05, 3.63) is 89.6 Å². The van der Waals surface area contributed by atoms with Crippen molar-refractivity contribution in [2.45, 2.75) is 0 Å². The van der Waals surface area contributed by atoms with Crippen LogP contribution in [0.15, 0.2) is 89.6 Å². The van der Waals surface area contributed by atoms with Gasteiger partial charge in [0, 0.05) is 0 Å². The Balaban J connectivity index is 1.98. The van der Waals surface area contributed by atoms with Crippen LogP contribution < -0.4 is 4.57 Å². The molecule has 0 aliphatic rings. The number of thiophene rings is 2. The van der Waals surface area contributed by atoms with Gasteiger partial charge in [-0.15, -0.1) is 22.7 Å². The van der Waals surface area contributed by atoms with Gasteiger partial charge >= 0.3 is 5.82 Å². The van der Waals surface area contributed by atoms with E-state index < -0.39 is 0 Å². The summed E-state index contributed by atoms with van der Waals surface area (Å²) in [5.41, 5.74) is 3.65. The molecule has 0 saturated heterocycles. The third-order valence-corrected chi connectivity index (χ3v) is 5.98. The van der Waals surface area contributed by atoms with E-state index in [-0.39, 0.29) is 0 Å². The minimum absolute atomic E-state index is 1.19. The number of fused-ring (bicyclic) bond motifs is 1. The summed E-state index contributed by atoms with van der Waals surface area (Å²) >= 11 is 3.53. The molecule has 0 radical (unpaired) electrons. The van der Waals surface area contributed by atoms with E-state index >= 15 is 0 Å². The Morgan fingerprint density at radius 3 is 2.20 bits per heavy atom. The number of hydrogen-bond donors (Lipinski definition) is 0. The zero-order valence-electron chi connectivity index (χ0n) is 13.4. The van der Waals surface area contributed by atoms with Crippen molar-refractivity contribution in [2.24, 2.45) is 0 Å². The van der Waals surface area contributed by atoms with E-state index in [2.05, 4.69) is 98.8 Å².